The molecular formula is C24H21ClN2O3. The van der Waals surface area contributed by atoms with Gasteiger partial charge in [-0.2, -0.15) is 5.10 Å². The lowest BCUT2D eigenvalue weighted by atomic mass is 10.1. The topological polar surface area (TPSA) is 57.3 Å². The molecule has 0 spiro atoms. The molecule has 0 fully saturated rings. The fraction of sp³-hybridized carbons (Fsp3) is 0.167. The molecule has 0 bridgehead atoms. The first kappa shape index (κ1) is 20.0. The summed E-state index contributed by atoms with van der Waals surface area (Å²) in [5.74, 6) is 0.221. The number of carbonyl (C=O) groups is 1. The molecule has 4 aromatic rings. The fourth-order valence-electron chi connectivity index (χ4n) is 3.26. The van der Waals surface area contributed by atoms with E-state index in [1.54, 1.807) is 12.1 Å². The number of halogens is 1. The fourth-order valence-corrected chi connectivity index (χ4v) is 3.61. The Morgan fingerprint density at radius 1 is 0.967 bits per heavy atom. The molecule has 5 nitrogen and oxygen atoms in total. The highest BCUT2D eigenvalue weighted by Gasteiger charge is 2.21. The van der Waals surface area contributed by atoms with Crippen LogP contribution in [0.4, 0.5) is 0 Å². The van der Waals surface area contributed by atoms with Crippen molar-refractivity contribution in [2.45, 2.75) is 20.4 Å². The lowest BCUT2D eigenvalue weighted by Gasteiger charge is -2.07. The third-order valence-corrected chi connectivity index (χ3v) is 5.26. The minimum atomic E-state index is -0.515. The number of benzene rings is 2. The van der Waals surface area contributed by atoms with E-state index in [0.717, 1.165) is 22.4 Å². The molecule has 0 radical (unpaired) electrons. The normalized spacial score (nSPS) is 10.9. The number of hydrogen-bond donors (Lipinski definition) is 0. The van der Waals surface area contributed by atoms with Crippen molar-refractivity contribution < 1.29 is 13.9 Å². The van der Waals surface area contributed by atoms with Crippen molar-refractivity contribution >= 4 is 17.6 Å². The quantitative estimate of drug-likeness (QED) is 0.376. The van der Waals surface area contributed by atoms with E-state index >= 15 is 0 Å². The molecule has 30 heavy (non-hydrogen) atoms. The summed E-state index contributed by atoms with van der Waals surface area (Å²) < 4.78 is 12.2. The molecule has 6 heteroatoms. The molecule has 2 aromatic carbocycles. The number of esters is 1. The maximum absolute atomic E-state index is 11.7. The second kappa shape index (κ2) is 8.20. The van der Waals surface area contributed by atoms with Gasteiger partial charge in [0.25, 0.3) is 0 Å². The van der Waals surface area contributed by atoms with E-state index in [-0.39, 0.29) is 5.76 Å². The van der Waals surface area contributed by atoms with Crippen LogP contribution in [0.5, 0.6) is 0 Å². The van der Waals surface area contributed by atoms with E-state index in [4.69, 9.17) is 25.9 Å². The Bertz CT molecular complexity index is 1190. The van der Waals surface area contributed by atoms with Crippen LogP contribution in [0, 0.1) is 13.8 Å². The number of aryl methyl sites for hydroxylation is 2. The van der Waals surface area contributed by atoms with E-state index in [9.17, 15) is 4.79 Å². The Hall–Kier alpha value is -3.31. The van der Waals surface area contributed by atoms with Crippen LogP contribution in [0.1, 0.15) is 27.4 Å². The van der Waals surface area contributed by atoms with Crippen LogP contribution in [0.25, 0.3) is 22.5 Å². The smallest absolute Gasteiger partial charge is 0.373 e. The summed E-state index contributed by atoms with van der Waals surface area (Å²) >= 11 is 6.83. The van der Waals surface area contributed by atoms with Gasteiger partial charge in [0.1, 0.15) is 11.5 Å². The summed E-state index contributed by atoms with van der Waals surface area (Å²) in [6.07, 6.45) is 0. The zero-order valence-corrected chi connectivity index (χ0v) is 17.7. The molecular weight excluding hydrogens is 400 g/mol. The molecule has 4 rings (SSSR count). The highest BCUT2D eigenvalue weighted by atomic mass is 35.5. The first-order valence-corrected chi connectivity index (χ1v) is 9.91. The summed E-state index contributed by atoms with van der Waals surface area (Å²) in [5.41, 5.74) is 5.71. The van der Waals surface area contributed by atoms with Gasteiger partial charge in [-0.1, -0.05) is 71.3 Å². The van der Waals surface area contributed by atoms with Crippen LogP contribution in [0.15, 0.2) is 65.1 Å². The number of hydrogen-bond acceptors (Lipinski definition) is 4. The molecule has 0 saturated heterocycles. The van der Waals surface area contributed by atoms with E-state index < -0.39 is 5.97 Å². The van der Waals surface area contributed by atoms with Crippen LogP contribution < -0.4 is 0 Å². The molecule has 0 aliphatic rings. The summed E-state index contributed by atoms with van der Waals surface area (Å²) in [6, 6.07) is 19.5. The van der Waals surface area contributed by atoms with Crippen LogP contribution in [0.2, 0.25) is 5.02 Å². The molecule has 152 valence electrons. The largest absolute Gasteiger partial charge is 0.463 e. The van der Waals surface area contributed by atoms with Gasteiger partial charge < -0.3 is 9.15 Å². The van der Waals surface area contributed by atoms with Gasteiger partial charge in [-0.3, -0.25) is 4.68 Å². The second-order valence-corrected chi connectivity index (χ2v) is 7.54. The van der Waals surface area contributed by atoms with E-state index in [0.29, 0.717) is 23.0 Å². The van der Waals surface area contributed by atoms with Crippen molar-refractivity contribution in [2.24, 2.45) is 0 Å². The van der Waals surface area contributed by atoms with Crippen molar-refractivity contribution in [2.75, 3.05) is 7.11 Å². The van der Waals surface area contributed by atoms with E-state index in [2.05, 4.69) is 0 Å². The zero-order chi connectivity index (χ0) is 21.3. The predicted molar refractivity (Wildman–Crippen MR) is 117 cm³/mol. The summed E-state index contributed by atoms with van der Waals surface area (Å²) in [4.78, 5) is 11.7. The molecule has 0 N–H and O–H groups in total. The summed E-state index contributed by atoms with van der Waals surface area (Å²) in [7, 11) is 1.32. The standard InChI is InChI=1S/C24H21ClN2O3/c1-15-4-8-17(9-5-15)22-21(25)23(18-10-6-16(2)7-11-18)27(26-22)14-19-12-13-20(30-19)24(28)29-3/h4-13H,14H2,1-3H3. The van der Waals surface area contributed by atoms with Gasteiger partial charge in [0, 0.05) is 11.1 Å². The SMILES string of the molecule is COC(=O)c1ccc(Cn2nc(-c3ccc(C)cc3)c(Cl)c2-c2ccc(C)cc2)o1. The molecule has 0 saturated carbocycles. The minimum Gasteiger partial charge on any atom is -0.463 e. The number of aromatic nitrogens is 2. The number of methoxy groups -OCH3 is 1. The Kier molecular flexibility index (Phi) is 5.46. The average molecular weight is 421 g/mol. The van der Waals surface area contributed by atoms with Crippen LogP contribution >= 0.6 is 11.6 Å². The first-order chi connectivity index (χ1) is 14.5. The molecule has 0 aliphatic heterocycles. The van der Waals surface area contributed by atoms with Gasteiger partial charge in [0.15, 0.2) is 0 Å². The van der Waals surface area contributed by atoms with Crippen molar-refractivity contribution in [3.8, 4) is 22.5 Å². The predicted octanol–water partition coefficient (Wildman–Crippen LogP) is 5.92. The maximum atomic E-state index is 11.7. The average Bonchev–Trinajstić information content (AvgIpc) is 3.34. The third kappa shape index (κ3) is 3.89. The summed E-state index contributed by atoms with van der Waals surface area (Å²) in [6.45, 7) is 4.40. The van der Waals surface area contributed by atoms with Gasteiger partial charge in [-0.05, 0) is 26.0 Å². The van der Waals surface area contributed by atoms with Gasteiger partial charge in [0.2, 0.25) is 5.76 Å². The lowest BCUT2D eigenvalue weighted by molar-refractivity contribution is 0.0563. The van der Waals surface area contributed by atoms with Crippen molar-refractivity contribution in [3.63, 3.8) is 0 Å². The van der Waals surface area contributed by atoms with E-state index in [1.807, 2.05) is 67.1 Å². The number of rotatable bonds is 5. The van der Waals surface area contributed by atoms with Crippen LogP contribution in [0.3, 0.4) is 0 Å². The van der Waals surface area contributed by atoms with Gasteiger partial charge >= 0.3 is 5.97 Å². The maximum Gasteiger partial charge on any atom is 0.373 e. The minimum absolute atomic E-state index is 0.154. The van der Waals surface area contributed by atoms with Crippen molar-refractivity contribution in [1.29, 1.82) is 0 Å². The van der Waals surface area contributed by atoms with Crippen LogP contribution in [-0.2, 0) is 11.3 Å². The van der Waals surface area contributed by atoms with Gasteiger partial charge in [-0.25, -0.2) is 4.79 Å². The summed E-state index contributed by atoms with van der Waals surface area (Å²) in [5, 5.41) is 5.36. The zero-order valence-electron chi connectivity index (χ0n) is 17.0. The first-order valence-electron chi connectivity index (χ1n) is 9.53. The molecule has 2 heterocycles. The Balaban J connectivity index is 1.80. The highest BCUT2D eigenvalue weighted by molar-refractivity contribution is 6.35. The molecule has 0 aliphatic carbocycles. The Morgan fingerprint density at radius 2 is 1.57 bits per heavy atom. The number of carbonyl (C=O) groups excluding carboxylic acids is 1. The van der Waals surface area contributed by atoms with Crippen molar-refractivity contribution in [3.05, 3.63) is 88.3 Å². The Morgan fingerprint density at radius 3 is 2.17 bits per heavy atom. The van der Waals surface area contributed by atoms with Gasteiger partial charge in [-0.15, -0.1) is 0 Å². The van der Waals surface area contributed by atoms with Gasteiger partial charge in [0.05, 0.1) is 24.4 Å². The lowest BCUT2D eigenvalue weighted by Crippen LogP contribution is -2.04. The number of nitrogens with zero attached hydrogens (tertiary/aromatic N) is 2. The second-order valence-electron chi connectivity index (χ2n) is 7.16. The number of furan rings is 1. The highest BCUT2D eigenvalue weighted by Crippen LogP contribution is 2.37. The third-order valence-electron chi connectivity index (χ3n) is 4.90. The molecule has 0 unspecified atom stereocenters. The monoisotopic (exact) mass is 420 g/mol. The number of ether oxygens (including phenoxy) is 1. The molecule has 0 atom stereocenters. The van der Waals surface area contributed by atoms with Crippen molar-refractivity contribution in [1.82, 2.24) is 9.78 Å². The van der Waals surface area contributed by atoms with E-state index in [1.165, 1.54) is 12.7 Å². The molecule has 0 amide bonds. The Labute approximate surface area is 179 Å². The van der Waals surface area contributed by atoms with Crippen LogP contribution in [-0.4, -0.2) is 22.9 Å². The molecule has 2 aromatic heterocycles.